The van der Waals surface area contributed by atoms with Gasteiger partial charge in [-0.15, -0.1) is 0 Å². The van der Waals surface area contributed by atoms with Crippen molar-refractivity contribution in [2.45, 2.75) is 6.92 Å². The molecule has 0 spiro atoms. The van der Waals surface area contributed by atoms with Crippen molar-refractivity contribution in [1.82, 2.24) is 0 Å². The van der Waals surface area contributed by atoms with Gasteiger partial charge in [-0.05, 0) is 0 Å². The summed E-state index contributed by atoms with van der Waals surface area (Å²) in [7, 11) is 0. The van der Waals surface area contributed by atoms with E-state index in [1.54, 1.807) is 0 Å². The summed E-state index contributed by atoms with van der Waals surface area (Å²) in [5, 5.41) is 0. The Kier molecular flexibility index (Phi) is 5.79. The summed E-state index contributed by atoms with van der Waals surface area (Å²) in [6, 6.07) is 0. The molecule has 0 rings (SSSR count). The molecule has 0 heterocycles. The average molecular weight is 185 g/mol. The normalized spacial score (nSPS) is 7.00. The summed E-state index contributed by atoms with van der Waals surface area (Å²) in [5.41, 5.74) is 0. The van der Waals surface area contributed by atoms with Crippen LogP contribution in [0, 0.1) is 40.2 Å². The van der Waals surface area contributed by atoms with Gasteiger partial charge < -0.3 is 0 Å². The van der Waals surface area contributed by atoms with E-state index in [1.165, 1.54) is 0 Å². The molecule has 0 radical (unpaired) electrons. The molecule has 0 atom stereocenters. The quantitative estimate of drug-likeness (QED) is 0.577. The molecule has 0 bridgehead atoms. The molecule has 0 aliphatic carbocycles. The molecular weight excluding hydrogens is 180 g/mol. The van der Waals surface area contributed by atoms with Gasteiger partial charge in [-0.2, -0.15) is 0 Å². The predicted molar refractivity (Wildman–Crippen MR) is 11.6 cm³/mol. The average Bonchev–Trinajstić information content (AvgIpc) is 1.37. The van der Waals surface area contributed by atoms with Crippen molar-refractivity contribution in [3.8, 4) is 0 Å². The number of rotatable bonds is 1. The molecule has 0 amide bonds. The molecular formula is C2H5CeO. The van der Waals surface area contributed by atoms with Crippen LogP contribution < -0.4 is 0 Å². The van der Waals surface area contributed by atoms with Gasteiger partial charge in [0.05, 0.1) is 0 Å². The van der Waals surface area contributed by atoms with Crippen molar-refractivity contribution in [1.29, 1.82) is 0 Å². The standard InChI is InChI=1S/C2H5O.Ce/c1-2-3;/h2H2,1H3;/q-1;+1. The van der Waals surface area contributed by atoms with Crippen LogP contribution in [0.1, 0.15) is 6.92 Å². The van der Waals surface area contributed by atoms with Crippen molar-refractivity contribution in [3.63, 3.8) is 0 Å². The van der Waals surface area contributed by atoms with Crippen LogP contribution in [-0.4, -0.2) is 6.61 Å². The zero-order valence-electron chi connectivity index (χ0n) is 2.62. The first kappa shape index (κ1) is 5.34. The zero-order chi connectivity index (χ0) is 3.41. The Labute approximate surface area is 54.1 Å². The van der Waals surface area contributed by atoms with Crippen LogP contribution in [0.2, 0.25) is 0 Å². The third kappa shape index (κ3) is 3.34. The predicted octanol–water partition coefficient (Wildman–Crippen LogP) is 0.487. The van der Waals surface area contributed by atoms with Crippen LogP contribution in [0.25, 0.3) is 0 Å². The van der Waals surface area contributed by atoms with E-state index in [1.807, 2.05) is 6.92 Å². The summed E-state index contributed by atoms with van der Waals surface area (Å²) >= 11 is 0.890. The van der Waals surface area contributed by atoms with Gasteiger partial charge in [0.1, 0.15) is 0 Å². The molecule has 0 saturated carbocycles. The molecule has 0 aliphatic heterocycles. The summed E-state index contributed by atoms with van der Waals surface area (Å²) in [4.78, 5) is 0. The maximum atomic E-state index is 4.68. The Morgan fingerprint density at radius 1 is 2.00 bits per heavy atom. The molecule has 0 fully saturated rings. The van der Waals surface area contributed by atoms with E-state index in [2.05, 4.69) is 0.951 Å². The minimum absolute atomic E-state index is 0.881. The summed E-state index contributed by atoms with van der Waals surface area (Å²) < 4.78 is 4.68. The Balaban J connectivity index is 1.97. The van der Waals surface area contributed by atoms with Gasteiger partial charge in [-0.25, -0.2) is 0 Å². The molecule has 0 aromatic heterocycles. The SMILES string of the molecule is CC[O][Ce]. The Morgan fingerprint density at radius 3 is 2.25 bits per heavy atom. The molecule has 0 saturated heterocycles. The van der Waals surface area contributed by atoms with E-state index in [4.69, 9.17) is 0 Å². The van der Waals surface area contributed by atoms with Crippen molar-refractivity contribution in [2.24, 2.45) is 0 Å². The van der Waals surface area contributed by atoms with E-state index < -0.39 is 0 Å². The Morgan fingerprint density at radius 2 is 2.25 bits per heavy atom. The molecule has 2 heteroatoms. The van der Waals surface area contributed by atoms with Gasteiger partial charge in [0.25, 0.3) is 0 Å². The van der Waals surface area contributed by atoms with Crippen LogP contribution in [0.5, 0.6) is 0 Å². The first-order valence-electron chi connectivity index (χ1n) is 1.20. The fourth-order valence-electron chi connectivity index (χ4n) is 0. The van der Waals surface area contributed by atoms with E-state index in [-0.39, 0.29) is 0 Å². The van der Waals surface area contributed by atoms with Crippen molar-refractivity contribution in [3.05, 3.63) is 0 Å². The zero-order valence-corrected chi connectivity index (χ0v) is 5.76. The summed E-state index contributed by atoms with van der Waals surface area (Å²) in [6.07, 6.45) is 0. The van der Waals surface area contributed by atoms with Crippen LogP contribution in [0.4, 0.5) is 0 Å². The molecule has 0 unspecified atom stereocenters. The van der Waals surface area contributed by atoms with Crippen LogP contribution in [-0.2, 0) is 0.951 Å². The Bertz CT molecular complexity index is 8.00. The molecule has 1 nitrogen and oxygen atoms in total. The monoisotopic (exact) mass is 185 g/mol. The van der Waals surface area contributed by atoms with E-state index in [9.17, 15) is 0 Å². The minimum atomic E-state index is 0.881. The first-order valence-corrected chi connectivity index (χ1v) is 2.48. The fraction of sp³-hybridized carbons (Fsp3) is 1.00. The second-order valence-electron chi connectivity index (χ2n) is 0.433. The molecule has 0 N–H and O–H groups in total. The van der Waals surface area contributed by atoms with E-state index in [0.717, 1.165) is 46.9 Å². The van der Waals surface area contributed by atoms with Gasteiger partial charge >= 0.3 is 54.7 Å². The molecule has 23 valence electrons. The third-order valence-electron chi connectivity index (χ3n) is 0.144. The molecule has 0 aromatic carbocycles. The summed E-state index contributed by atoms with van der Waals surface area (Å²) in [5.74, 6) is 0. The van der Waals surface area contributed by atoms with Gasteiger partial charge in [0.2, 0.25) is 0 Å². The van der Waals surface area contributed by atoms with Gasteiger partial charge in [0, 0.05) is 0 Å². The second-order valence-corrected chi connectivity index (χ2v) is 1.34. The van der Waals surface area contributed by atoms with Crippen LogP contribution >= 0.6 is 0 Å². The first-order chi connectivity index (χ1) is 1.91. The third-order valence-corrected chi connectivity index (χ3v) is 1.05. The number of hydrogen-bond acceptors (Lipinski definition) is 1. The maximum absolute atomic E-state index is 4.68. The van der Waals surface area contributed by atoms with Gasteiger partial charge in [-0.1, -0.05) is 0 Å². The van der Waals surface area contributed by atoms with Crippen LogP contribution in [0.15, 0.2) is 0 Å². The van der Waals surface area contributed by atoms with Crippen molar-refractivity contribution < 1.29 is 41.2 Å². The molecule has 0 aromatic rings. The molecule has 0 aliphatic rings. The van der Waals surface area contributed by atoms with Crippen molar-refractivity contribution >= 4 is 0 Å². The summed E-state index contributed by atoms with van der Waals surface area (Å²) in [6.45, 7) is 2.87. The van der Waals surface area contributed by atoms with E-state index >= 15 is 0 Å². The fourth-order valence-corrected chi connectivity index (χ4v) is 0. The van der Waals surface area contributed by atoms with Gasteiger partial charge in [-0.3, -0.25) is 0 Å². The van der Waals surface area contributed by atoms with Gasteiger partial charge in [0.15, 0.2) is 0 Å². The topological polar surface area (TPSA) is 9.23 Å². The number of hydrogen-bond donors (Lipinski definition) is 0. The molecule has 4 heavy (non-hydrogen) atoms. The van der Waals surface area contributed by atoms with E-state index in [0.29, 0.717) is 0 Å². The Hall–Kier alpha value is 1.34. The van der Waals surface area contributed by atoms with Crippen molar-refractivity contribution in [2.75, 3.05) is 6.61 Å². The van der Waals surface area contributed by atoms with Crippen LogP contribution in [0.3, 0.4) is 0 Å². The second kappa shape index (κ2) is 4.34.